The highest BCUT2D eigenvalue weighted by Crippen LogP contribution is 2.49. The fraction of sp³-hybridized carbons (Fsp3) is 0.659. The molecule has 0 radical (unpaired) electrons. The number of nitrogens with one attached hydrogen (secondary N) is 1. The molecular formula is C44H63ClN4O6S. The molecule has 2 aromatic carbocycles. The summed E-state index contributed by atoms with van der Waals surface area (Å²) in [6.07, 6.45) is 9.49. The lowest BCUT2D eigenvalue weighted by Crippen LogP contribution is -2.60. The number of hydrogen-bond donors (Lipinski definition) is 1. The molecular weight excluding hydrogens is 748 g/mol. The molecule has 0 unspecified atom stereocenters. The molecule has 2 aliphatic carbocycles. The summed E-state index contributed by atoms with van der Waals surface area (Å²) in [5.74, 6) is 0.0890. The number of halogens is 1. The third-order valence-corrected chi connectivity index (χ3v) is 16.1. The predicted molar refractivity (Wildman–Crippen MR) is 223 cm³/mol. The van der Waals surface area contributed by atoms with Crippen molar-refractivity contribution in [1.29, 1.82) is 0 Å². The second-order valence-corrected chi connectivity index (χ2v) is 20.7. The molecule has 1 N–H and O–H groups in total. The van der Waals surface area contributed by atoms with Gasteiger partial charge in [-0.15, -0.1) is 0 Å². The number of allylic oxidation sites excluding steroid dienone is 1. The lowest BCUT2D eigenvalue weighted by molar-refractivity contribution is -0.0976. The minimum atomic E-state index is -4.13. The molecule has 56 heavy (non-hydrogen) atoms. The van der Waals surface area contributed by atoms with E-state index in [-0.39, 0.29) is 40.9 Å². The van der Waals surface area contributed by atoms with Crippen LogP contribution >= 0.6 is 11.6 Å². The van der Waals surface area contributed by atoms with Crippen molar-refractivity contribution in [2.45, 2.75) is 88.5 Å². The highest BCUT2D eigenvalue weighted by Gasteiger charge is 2.50. The highest BCUT2D eigenvalue weighted by molar-refractivity contribution is 7.90. The van der Waals surface area contributed by atoms with Gasteiger partial charge in [-0.05, 0) is 118 Å². The molecule has 2 fully saturated rings. The van der Waals surface area contributed by atoms with E-state index in [4.69, 9.17) is 25.8 Å². The van der Waals surface area contributed by atoms with E-state index in [1.54, 1.807) is 6.07 Å². The maximum Gasteiger partial charge on any atom is 0.264 e. The average Bonchev–Trinajstić information content (AvgIpc) is 3.29. The van der Waals surface area contributed by atoms with Gasteiger partial charge in [-0.25, -0.2) is 13.1 Å². The van der Waals surface area contributed by atoms with Crippen LogP contribution in [0.25, 0.3) is 0 Å². The first-order valence-electron chi connectivity index (χ1n) is 20.7. The molecule has 5 aliphatic rings. The minimum absolute atomic E-state index is 0.0410. The summed E-state index contributed by atoms with van der Waals surface area (Å²) in [6, 6.07) is 11.6. The van der Waals surface area contributed by atoms with Gasteiger partial charge < -0.3 is 19.1 Å². The fourth-order valence-electron chi connectivity index (χ4n) is 10.3. The Morgan fingerprint density at radius 1 is 1.04 bits per heavy atom. The number of sulfonamides is 1. The maximum absolute atomic E-state index is 14.1. The summed E-state index contributed by atoms with van der Waals surface area (Å²) in [4.78, 5) is 21.5. The molecule has 7 atom stereocenters. The number of aryl methyl sites for hydroxylation is 1. The normalized spacial score (nSPS) is 33.3. The molecule has 0 aromatic heterocycles. The van der Waals surface area contributed by atoms with Gasteiger partial charge in [-0.1, -0.05) is 43.7 Å². The number of hydrogen-bond acceptors (Lipinski definition) is 9. The SMILES string of the molecule is COC[C@@H]1[C@@H](C)[C@@H](C)/C=C/[C@](CN2CCN(C(C)(C)C)CC2)(OC)[C@@H]2CC[C@H]2CN2C[C@@]3(CCCc4cc(Cl)ccc43)COc3ccc(cc32)C(=O)NS1(=O)=O. The lowest BCUT2D eigenvalue weighted by Gasteiger charge is -2.52. The van der Waals surface area contributed by atoms with Crippen LogP contribution in [0.15, 0.2) is 48.6 Å². The van der Waals surface area contributed by atoms with E-state index in [1.807, 2.05) is 32.2 Å². The Bertz CT molecular complexity index is 1890. The van der Waals surface area contributed by atoms with Gasteiger partial charge in [0.1, 0.15) is 16.6 Å². The quantitative estimate of drug-likeness (QED) is 0.337. The van der Waals surface area contributed by atoms with Crippen molar-refractivity contribution < 1.29 is 27.4 Å². The van der Waals surface area contributed by atoms with E-state index in [2.05, 4.69) is 71.4 Å². The summed E-state index contributed by atoms with van der Waals surface area (Å²) < 4.78 is 49.6. The van der Waals surface area contributed by atoms with E-state index in [9.17, 15) is 13.2 Å². The number of piperazine rings is 1. The number of methoxy groups -OCH3 is 2. The monoisotopic (exact) mass is 810 g/mol. The van der Waals surface area contributed by atoms with Crippen LogP contribution in [0.1, 0.15) is 81.8 Å². The van der Waals surface area contributed by atoms with Gasteiger partial charge in [0.15, 0.2) is 0 Å². The zero-order valence-corrected chi connectivity index (χ0v) is 36.1. The topological polar surface area (TPSA) is 101 Å². The van der Waals surface area contributed by atoms with Crippen LogP contribution in [0.4, 0.5) is 5.69 Å². The number of rotatable bonds is 5. The van der Waals surface area contributed by atoms with E-state index in [1.165, 1.54) is 18.2 Å². The van der Waals surface area contributed by atoms with Crippen LogP contribution in [0.3, 0.4) is 0 Å². The van der Waals surface area contributed by atoms with Crippen molar-refractivity contribution >= 4 is 33.2 Å². The van der Waals surface area contributed by atoms with Crippen molar-refractivity contribution in [3.63, 3.8) is 0 Å². The Hall–Kier alpha value is -2.67. The van der Waals surface area contributed by atoms with Gasteiger partial charge >= 0.3 is 0 Å². The number of ether oxygens (including phenoxy) is 3. The molecule has 12 heteroatoms. The van der Waals surface area contributed by atoms with Gasteiger partial charge in [0, 0.05) is 81.6 Å². The molecule has 1 saturated carbocycles. The summed E-state index contributed by atoms with van der Waals surface area (Å²) in [5, 5.41) is -0.213. The van der Waals surface area contributed by atoms with E-state index < -0.39 is 26.8 Å². The van der Waals surface area contributed by atoms with Crippen LogP contribution in [0.5, 0.6) is 5.75 Å². The Morgan fingerprint density at radius 2 is 1.80 bits per heavy atom. The molecule has 308 valence electrons. The first-order chi connectivity index (χ1) is 26.6. The number of carbonyl (C=O) groups is 1. The van der Waals surface area contributed by atoms with Gasteiger partial charge in [-0.3, -0.25) is 14.6 Å². The Kier molecular flexibility index (Phi) is 12.0. The van der Waals surface area contributed by atoms with Crippen molar-refractivity contribution in [3.05, 3.63) is 70.3 Å². The number of carbonyl (C=O) groups excluding carboxylic acids is 1. The predicted octanol–water partition coefficient (Wildman–Crippen LogP) is 6.56. The van der Waals surface area contributed by atoms with Crippen molar-refractivity contribution in [1.82, 2.24) is 14.5 Å². The Balaban J connectivity index is 1.31. The molecule has 2 bridgehead atoms. The lowest BCUT2D eigenvalue weighted by atomic mass is 9.63. The number of anilines is 1. The van der Waals surface area contributed by atoms with Crippen LogP contribution < -0.4 is 14.4 Å². The molecule has 3 aliphatic heterocycles. The van der Waals surface area contributed by atoms with Crippen LogP contribution in [-0.4, -0.2) is 114 Å². The second kappa shape index (κ2) is 16.2. The molecule has 1 amide bonds. The Labute approximate surface area is 340 Å². The molecule has 3 heterocycles. The van der Waals surface area contributed by atoms with Crippen molar-refractivity contribution in [3.8, 4) is 5.75 Å². The first kappa shape index (κ1) is 41.5. The minimum Gasteiger partial charge on any atom is -0.490 e. The number of benzene rings is 2. The summed E-state index contributed by atoms with van der Waals surface area (Å²) in [6.45, 7) is 17.4. The van der Waals surface area contributed by atoms with Gasteiger partial charge in [0.2, 0.25) is 10.0 Å². The number of nitrogens with zero attached hydrogens (tertiary/aromatic N) is 3. The van der Waals surface area contributed by atoms with E-state index in [0.29, 0.717) is 24.8 Å². The van der Waals surface area contributed by atoms with Gasteiger partial charge in [0.05, 0.1) is 18.9 Å². The Morgan fingerprint density at radius 3 is 2.48 bits per heavy atom. The van der Waals surface area contributed by atoms with Crippen LogP contribution in [0, 0.1) is 23.7 Å². The fourth-order valence-corrected chi connectivity index (χ4v) is 12.1. The third kappa shape index (κ3) is 8.15. The molecule has 1 saturated heterocycles. The van der Waals surface area contributed by atoms with Crippen LogP contribution in [-0.2, 0) is 31.3 Å². The molecule has 2 aromatic rings. The zero-order chi connectivity index (χ0) is 40.0. The second-order valence-electron chi connectivity index (χ2n) is 18.4. The van der Waals surface area contributed by atoms with Gasteiger partial charge in [0.25, 0.3) is 5.91 Å². The summed E-state index contributed by atoms with van der Waals surface area (Å²) in [7, 11) is -0.779. The smallest absolute Gasteiger partial charge is 0.264 e. The summed E-state index contributed by atoms with van der Waals surface area (Å²) in [5.41, 5.74) is 2.89. The van der Waals surface area contributed by atoms with Gasteiger partial charge in [-0.2, -0.15) is 0 Å². The maximum atomic E-state index is 14.1. The zero-order valence-electron chi connectivity index (χ0n) is 34.5. The van der Waals surface area contributed by atoms with E-state index in [0.717, 1.165) is 82.1 Å². The standard InChI is InChI=1S/C44H63ClN4O6S/c1-30-16-18-44(54-7,28-47-19-21-49(22-20-47)42(3,4)5)37-13-10-34(37)25-48-27-43(17-8-9-32-23-35(45)12-14-36(32)43)29-55-39-15-11-33(24-38(39)48)41(50)46-56(51,52)40(26-53-6)31(30)2/h11-12,14-16,18,23-24,30-31,34,37,40H,8-10,13,17,19-22,25-29H2,1-7H3,(H,46,50)/b18-16+/t30-,31-,34-,37+,40+,43-,44+/m0/s1. The van der Waals surface area contributed by atoms with E-state index >= 15 is 0 Å². The number of amides is 1. The molecule has 7 rings (SSSR count). The first-order valence-corrected chi connectivity index (χ1v) is 22.6. The van der Waals surface area contributed by atoms with Crippen molar-refractivity contribution in [2.75, 3.05) is 78.1 Å². The summed E-state index contributed by atoms with van der Waals surface area (Å²) >= 11 is 6.53. The van der Waals surface area contributed by atoms with Crippen LogP contribution in [0.2, 0.25) is 5.02 Å². The highest BCUT2D eigenvalue weighted by atomic mass is 35.5. The molecule has 1 spiro atoms. The largest absolute Gasteiger partial charge is 0.490 e. The third-order valence-electron chi connectivity index (χ3n) is 14.0. The number of fused-ring (bicyclic) bond motifs is 4. The molecule has 10 nitrogen and oxygen atoms in total. The average molecular weight is 812 g/mol. The van der Waals surface area contributed by atoms with Crippen molar-refractivity contribution in [2.24, 2.45) is 23.7 Å².